The SMILES string of the molecule is O=C(COc1ccc(Cl)cc1Br)NN=Cc1cc(Cl)cc(Cl)c1O. The third-order valence-corrected chi connectivity index (χ3v) is 4.06. The fourth-order valence-electron chi connectivity index (χ4n) is 1.63. The molecule has 2 rings (SSSR count). The first-order valence-corrected chi connectivity index (χ1v) is 8.37. The van der Waals surface area contributed by atoms with Crippen molar-refractivity contribution in [2.75, 3.05) is 6.61 Å². The van der Waals surface area contributed by atoms with E-state index in [-0.39, 0.29) is 22.9 Å². The highest BCUT2D eigenvalue weighted by Crippen LogP contribution is 2.30. The van der Waals surface area contributed by atoms with E-state index in [1.165, 1.54) is 18.3 Å². The van der Waals surface area contributed by atoms with Crippen LogP contribution >= 0.6 is 50.7 Å². The third-order valence-electron chi connectivity index (χ3n) is 2.70. The molecule has 24 heavy (non-hydrogen) atoms. The van der Waals surface area contributed by atoms with Gasteiger partial charge in [-0.2, -0.15) is 5.10 Å². The molecule has 0 atom stereocenters. The van der Waals surface area contributed by atoms with Crippen LogP contribution in [0.1, 0.15) is 5.56 Å². The molecule has 0 saturated heterocycles. The number of carbonyl (C=O) groups is 1. The number of rotatable bonds is 5. The Morgan fingerprint density at radius 3 is 2.71 bits per heavy atom. The summed E-state index contributed by atoms with van der Waals surface area (Å²) >= 11 is 20.7. The molecular formula is C15H10BrCl3N2O3. The van der Waals surface area contributed by atoms with Crippen LogP contribution in [0, 0.1) is 0 Å². The highest BCUT2D eigenvalue weighted by atomic mass is 79.9. The second-order valence-electron chi connectivity index (χ2n) is 4.48. The molecular weight excluding hydrogens is 442 g/mol. The molecule has 0 unspecified atom stereocenters. The van der Waals surface area contributed by atoms with Crippen LogP contribution < -0.4 is 10.2 Å². The molecule has 2 aromatic carbocycles. The minimum absolute atomic E-state index is 0.0891. The van der Waals surface area contributed by atoms with Crippen molar-refractivity contribution in [2.45, 2.75) is 0 Å². The molecule has 0 fully saturated rings. The number of hydrazone groups is 1. The Balaban J connectivity index is 1.91. The van der Waals surface area contributed by atoms with Crippen LogP contribution in [0.25, 0.3) is 0 Å². The van der Waals surface area contributed by atoms with E-state index in [0.29, 0.717) is 20.3 Å². The standard InChI is InChI=1S/C15H10BrCl3N2O3/c16-11-4-9(17)1-2-13(11)24-7-14(22)21-20-6-8-3-10(18)5-12(19)15(8)23/h1-6,23H,7H2,(H,21,22). The minimum Gasteiger partial charge on any atom is -0.506 e. The van der Waals surface area contributed by atoms with Crippen LogP contribution in [0.2, 0.25) is 15.1 Å². The van der Waals surface area contributed by atoms with Gasteiger partial charge in [0.25, 0.3) is 5.91 Å². The van der Waals surface area contributed by atoms with Crippen LogP contribution in [-0.4, -0.2) is 23.8 Å². The zero-order valence-electron chi connectivity index (χ0n) is 11.9. The maximum absolute atomic E-state index is 11.7. The van der Waals surface area contributed by atoms with E-state index in [9.17, 15) is 9.90 Å². The first kappa shape index (κ1) is 18.9. The molecule has 126 valence electrons. The van der Waals surface area contributed by atoms with E-state index in [1.807, 2.05) is 0 Å². The molecule has 0 saturated carbocycles. The second kappa shape index (κ2) is 8.58. The number of aromatic hydroxyl groups is 1. The van der Waals surface area contributed by atoms with Gasteiger partial charge in [-0.25, -0.2) is 5.43 Å². The molecule has 0 aromatic heterocycles. The normalized spacial score (nSPS) is 10.8. The number of nitrogens with one attached hydrogen (secondary N) is 1. The summed E-state index contributed by atoms with van der Waals surface area (Å²) in [6.07, 6.45) is 1.23. The number of amides is 1. The topological polar surface area (TPSA) is 70.9 Å². The number of carbonyl (C=O) groups excluding carboxylic acids is 1. The van der Waals surface area contributed by atoms with Crippen molar-refractivity contribution in [3.8, 4) is 11.5 Å². The molecule has 0 aliphatic rings. The van der Waals surface area contributed by atoms with Crippen molar-refractivity contribution in [3.05, 3.63) is 55.4 Å². The predicted octanol–water partition coefficient (Wildman–Crippen LogP) is 4.64. The molecule has 0 aliphatic heterocycles. The van der Waals surface area contributed by atoms with Gasteiger partial charge in [0, 0.05) is 15.6 Å². The average Bonchev–Trinajstić information content (AvgIpc) is 2.51. The van der Waals surface area contributed by atoms with E-state index >= 15 is 0 Å². The van der Waals surface area contributed by atoms with Crippen molar-refractivity contribution in [2.24, 2.45) is 5.10 Å². The molecule has 9 heteroatoms. The van der Waals surface area contributed by atoms with Gasteiger partial charge in [0.1, 0.15) is 11.5 Å². The lowest BCUT2D eigenvalue weighted by molar-refractivity contribution is -0.123. The fourth-order valence-corrected chi connectivity index (χ4v) is 2.93. The lowest BCUT2D eigenvalue weighted by atomic mass is 10.2. The van der Waals surface area contributed by atoms with Gasteiger partial charge >= 0.3 is 0 Å². The summed E-state index contributed by atoms with van der Waals surface area (Å²) in [6.45, 7) is -0.250. The molecule has 2 N–H and O–H groups in total. The van der Waals surface area contributed by atoms with E-state index in [1.54, 1.807) is 18.2 Å². The summed E-state index contributed by atoms with van der Waals surface area (Å²) in [7, 11) is 0. The van der Waals surface area contributed by atoms with E-state index in [4.69, 9.17) is 39.5 Å². The lowest BCUT2D eigenvalue weighted by Crippen LogP contribution is -2.24. The summed E-state index contributed by atoms with van der Waals surface area (Å²) in [5.74, 6) is -0.195. The molecule has 2 aromatic rings. The molecule has 1 amide bonds. The van der Waals surface area contributed by atoms with Gasteiger partial charge < -0.3 is 9.84 Å². The number of benzene rings is 2. The maximum Gasteiger partial charge on any atom is 0.277 e. The van der Waals surface area contributed by atoms with E-state index < -0.39 is 5.91 Å². The maximum atomic E-state index is 11.7. The molecule has 0 bridgehead atoms. The quantitative estimate of drug-likeness (QED) is 0.513. The summed E-state index contributed by atoms with van der Waals surface area (Å²) in [6, 6.07) is 7.78. The van der Waals surface area contributed by atoms with Gasteiger partial charge in [-0.1, -0.05) is 34.8 Å². The second-order valence-corrected chi connectivity index (χ2v) is 6.62. The first-order valence-electron chi connectivity index (χ1n) is 6.44. The fraction of sp³-hybridized carbons (Fsp3) is 0.0667. The summed E-state index contributed by atoms with van der Waals surface area (Å²) < 4.78 is 5.96. The van der Waals surface area contributed by atoms with Gasteiger partial charge in [0.2, 0.25) is 0 Å². The number of nitrogens with zero attached hydrogens (tertiary/aromatic N) is 1. The highest BCUT2D eigenvalue weighted by molar-refractivity contribution is 9.10. The number of phenols is 1. The highest BCUT2D eigenvalue weighted by Gasteiger charge is 2.07. The van der Waals surface area contributed by atoms with Crippen molar-refractivity contribution in [1.82, 2.24) is 5.43 Å². The Hall–Kier alpha value is -1.47. The van der Waals surface area contributed by atoms with Crippen LogP contribution in [0.5, 0.6) is 11.5 Å². The molecule has 5 nitrogen and oxygen atoms in total. The smallest absolute Gasteiger partial charge is 0.277 e. The van der Waals surface area contributed by atoms with Crippen molar-refractivity contribution < 1.29 is 14.6 Å². The van der Waals surface area contributed by atoms with Crippen molar-refractivity contribution in [1.29, 1.82) is 0 Å². The van der Waals surface area contributed by atoms with Crippen molar-refractivity contribution in [3.63, 3.8) is 0 Å². The summed E-state index contributed by atoms with van der Waals surface area (Å²) in [5, 5.41) is 14.4. The summed E-state index contributed by atoms with van der Waals surface area (Å²) in [4.78, 5) is 11.7. The van der Waals surface area contributed by atoms with E-state index in [0.717, 1.165) is 0 Å². The number of halogens is 4. The van der Waals surface area contributed by atoms with Gasteiger partial charge in [0.05, 0.1) is 15.7 Å². The van der Waals surface area contributed by atoms with Gasteiger partial charge in [-0.05, 0) is 46.3 Å². The van der Waals surface area contributed by atoms with Crippen LogP contribution in [-0.2, 0) is 4.79 Å². The van der Waals surface area contributed by atoms with Crippen LogP contribution in [0.15, 0.2) is 39.9 Å². The number of hydrogen-bond donors (Lipinski definition) is 2. The van der Waals surface area contributed by atoms with E-state index in [2.05, 4.69) is 26.5 Å². The Morgan fingerprint density at radius 1 is 1.25 bits per heavy atom. The third kappa shape index (κ3) is 5.27. The summed E-state index contributed by atoms with van der Waals surface area (Å²) in [5.41, 5.74) is 2.54. The van der Waals surface area contributed by atoms with Gasteiger partial charge in [-0.15, -0.1) is 0 Å². The average molecular weight is 453 g/mol. The number of ether oxygens (including phenoxy) is 1. The molecule has 0 heterocycles. The minimum atomic E-state index is -0.485. The zero-order valence-corrected chi connectivity index (χ0v) is 15.7. The Labute approximate surface area is 161 Å². The molecule has 0 spiro atoms. The Morgan fingerprint density at radius 2 is 2.00 bits per heavy atom. The first-order chi connectivity index (χ1) is 11.4. The molecule has 0 aliphatic carbocycles. The molecule has 0 radical (unpaired) electrons. The lowest BCUT2D eigenvalue weighted by Gasteiger charge is -2.07. The van der Waals surface area contributed by atoms with Crippen LogP contribution in [0.4, 0.5) is 0 Å². The monoisotopic (exact) mass is 450 g/mol. The zero-order chi connectivity index (χ0) is 17.7. The van der Waals surface area contributed by atoms with Crippen molar-refractivity contribution >= 4 is 62.9 Å². The number of hydrogen-bond acceptors (Lipinski definition) is 4. The Kier molecular flexibility index (Phi) is 6.74. The Bertz CT molecular complexity index is 800. The van der Waals surface area contributed by atoms with Gasteiger partial charge in [-0.3, -0.25) is 4.79 Å². The largest absolute Gasteiger partial charge is 0.506 e. The van der Waals surface area contributed by atoms with Crippen LogP contribution in [0.3, 0.4) is 0 Å². The predicted molar refractivity (Wildman–Crippen MR) is 98.5 cm³/mol. The number of phenolic OH excluding ortho intramolecular Hbond substituents is 1. The van der Waals surface area contributed by atoms with Gasteiger partial charge in [0.15, 0.2) is 6.61 Å².